The average molecular weight is 619 g/mol. The van der Waals surface area contributed by atoms with Gasteiger partial charge in [-0.15, -0.1) is 0 Å². The quantitative estimate of drug-likeness (QED) is 0.186. The van der Waals surface area contributed by atoms with Gasteiger partial charge in [-0.05, 0) is 72.1 Å². The zero-order valence-corrected chi connectivity index (χ0v) is 24.3. The maximum Gasteiger partial charge on any atom is 0.338 e. The van der Waals surface area contributed by atoms with E-state index in [1.807, 2.05) is 6.92 Å². The molecule has 0 saturated heterocycles. The van der Waals surface area contributed by atoms with Gasteiger partial charge in [-0.3, -0.25) is 4.79 Å². The first-order valence-corrected chi connectivity index (χ1v) is 13.1. The Hall–Kier alpha value is -4.26. The van der Waals surface area contributed by atoms with Crippen LogP contribution >= 0.6 is 15.9 Å². The molecule has 0 spiro atoms. The van der Waals surface area contributed by atoms with Crippen LogP contribution in [0.3, 0.4) is 0 Å². The number of esters is 1. The van der Waals surface area contributed by atoms with Gasteiger partial charge < -0.3 is 34.3 Å². The predicted octanol–water partition coefficient (Wildman–Crippen LogP) is 3.59. The molecule has 214 valence electrons. The van der Waals surface area contributed by atoms with E-state index in [1.165, 1.54) is 20.4 Å². The van der Waals surface area contributed by atoms with Gasteiger partial charge in [0, 0.05) is 5.70 Å². The highest BCUT2D eigenvalue weighted by atomic mass is 79.9. The lowest BCUT2D eigenvalue weighted by molar-refractivity contribution is -0.139. The largest absolute Gasteiger partial charge is 0.493 e. The summed E-state index contributed by atoms with van der Waals surface area (Å²) in [6.45, 7) is 5.51. The second kappa shape index (κ2) is 14.2. The normalized spacial score (nSPS) is 14.8. The van der Waals surface area contributed by atoms with Crippen LogP contribution in [0.4, 0.5) is 4.79 Å². The fraction of sp³-hybridized carbons (Fsp3) is 0.333. The number of methoxy groups -OCH3 is 2. The molecule has 12 nitrogen and oxygen atoms in total. The Balaban J connectivity index is 1.68. The Morgan fingerprint density at radius 2 is 1.80 bits per heavy atom. The highest BCUT2D eigenvalue weighted by Crippen LogP contribution is 2.36. The fourth-order valence-electron chi connectivity index (χ4n) is 3.86. The van der Waals surface area contributed by atoms with Gasteiger partial charge in [-0.25, -0.2) is 15.0 Å². The van der Waals surface area contributed by atoms with E-state index < -0.39 is 23.9 Å². The zero-order chi connectivity index (χ0) is 29.2. The van der Waals surface area contributed by atoms with Gasteiger partial charge in [-0.1, -0.05) is 6.07 Å². The van der Waals surface area contributed by atoms with Crippen molar-refractivity contribution in [3.8, 4) is 23.0 Å². The van der Waals surface area contributed by atoms with Crippen molar-refractivity contribution < 1.29 is 38.1 Å². The highest BCUT2D eigenvalue weighted by molar-refractivity contribution is 9.10. The summed E-state index contributed by atoms with van der Waals surface area (Å²) < 4.78 is 27.8. The number of nitrogens with one attached hydrogen (secondary N) is 3. The number of carbonyl (C=O) groups is 3. The van der Waals surface area contributed by atoms with Gasteiger partial charge in [0.1, 0.15) is 0 Å². The molecule has 1 heterocycles. The van der Waals surface area contributed by atoms with Gasteiger partial charge in [0.15, 0.2) is 29.6 Å². The molecule has 0 radical (unpaired) electrons. The van der Waals surface area contributed by atoms with Crippen LogP contribution in [0.25, 0.3) is 0 Å². The third-order valence-corrected chi connectivity index (χ3v) is 6.18. The molecule has 2 aromatic carbocycles. The third kappa shape index (κ3) is 7.44. The lowest BCUT2D eigenvalue weighted by Gasteiger charge is -2.28. The van der Waals surface area contributed by atoms with Gasteiger partial charge in [0.2, 0.25) is 0 Å². The van der Waals surface area contributed by atoms with Crippen molar-refractivity contribution >= 4 is 40.1 Å². The first-order valence-electron chi connectivity index (χ1n) is 12.3. The van der Waals surface area contributed by atoms with Crippen molar-refractivity contribution in [2.45, 2.75) is 26.8 Å². The van der Waals surface area contributed by atoms with E-state index in [4.69, 9.17) is 23.7 Å². The number of rotatable bonds is 12. The third-order valence-electron chi connectivity index (χ3n) is 5.59. The van der Waals surface area contributed by atoms with Gasteiger partial charge in [0.25, 0.3) is 5.91 Å². The lowest BCUT2D eigenvalue weighted by Crippen LogP contribution is -2.45. The summed E-state index contributed by atoms with van der Waals surface area (Å²) in [6, 6.07) is 7.14. The van der Waals surface area contributed by atoms with Crippen LogP contribution in [-0.2, 0) is 14.3 Å². The SMILES string of the molecule is CCOC(=O)C1=C(C)NC(=O)N[C@H]1c1ccc(OCC(=O)N/N=C\c2cc(Br)c(OCC)c(OC)c2)c(OC)c1. The molecular weight excluding hydrogens is 588 g/mol. The summed E-state index contributed by atoms with van der Waals surface area (Å²) in [4.78, 5) is 37.0. The van der Waals surface area contributed by atoms with Gasteiger partial charge in [0.05, 0.1) is 49.7 Å². The van der Waals surface area contributed by atoms with Crippen LogP contribution in [0.15, 0.2) is 51.2 Å². The number of hydrogen-bond donors (Lipinski definition) is 3. The summed E-state index contributed by atoms with van der Waals surface area (Å²) in [6.07, 6.45) is 1.46. The van der Waals surface area contributed by atoms with Crippen molar-refractivity contribution in [3.05, 3.63) is 57.2 Å². The number of hydrogen-bond acceptors (Lipinski definition) is 9. The maximum absolute atomic E-state index is 12.6. The fourth-order valence-corrected chi connectivity index (χ4v) is 4.43. The highest BCUT2D eigenvalue weighted by Gasteiger charge is 2.32. The zero-order valence-electron chi connectivity index (χ0n) is 22.8. The molecule has 0 fully saturated rings. The van der Waals surface area contributed by atoms with E-state index in [9.17, 15) is 14.4 Å². The van der Waals surface area contributed by atoms with Crippen molar-refractivity contribution in [2.24, 2.45) is 5.10 Å². The molecular formula is C27H31BrN4O8. The number of carbonyl (C=O) groups excluding carboxylic acids is 3. The monoisotopic (exact) mass is 618 g/mol. The molecule has 3 rings (SSSR count). The molecule has 0 aromatic heterocycles. The van der Waals surface area contributed by atoms with E-state index in [0.717, 1.165) is 0 Å². The van der Waals surface area contributed by atoms with Crippen molar-refractivity contribution in [1.82, 2.24) is 16.1 Å². The summed E-state index contributed by atoms with van der Waals surface area (Å²) >= 11 is 3.44. The Morgan fingerprint density at radius 1 is 1.05 bits per heavy atom. The molecule has 1 aliphatic heterocycles. The van der Waals surface area contributed by atoms with Crippen LogP contribution in [0, 0.1) is 0 Å². The molecule has 0 saturated carbocycles. The molecule has 2 aromatic rings. The first-order chi connectivity index (χ1) is 19.2. The van der Waals surface area contributed by atoms with Crippen LogP contribution in [0.2, 0.25) is 0 Å². The van der Waals surface area contributed by atoms with Crippen LogP contribution in [0.5, 0.6) is 23.0 Å². The Kier molecular flexibility index (Phi) is 10.8. The molecule has 0 unspecified atom stereocenters. The number of benzene rings is 2. The smallest absolute Gasteiger partial charge is 0.338 e. The minimum Gasteiger partial charge on any atom is -0.493 e. The second-order valence-corrected chi connectivity index (χ2v) is 9.10. The summed E-state index contributed by atoms with van der Waals surface area (Å²) in [5, 5.41) is 9.28. The van der Waals surface area contributed by atoms with Crippen LogP contribution in [-0.4, -0.2) is 58.2 Å². The van der Waals surface area contributed by atoms with Gasteiger partial charge >= 0.3 is 12.0 Å². The Morgan fingerprint density at radius 3 is 2.48 bits per heavy atom. The summed E-state index contributed by atoms with van der Waals surface area (Å²) in [7, 11) is 2.97. The Bertz CT molecular complexity index is 1330. The lowest BCUT2D eigenvalue weighted by atomic mass is 9.95. The van der Waals surface area contributed by atoms with E-state index in [-0.39, 0.29) is 24.5 Å². The van der Waals surface area contributed by atoms with Crippen LogP contribution in [0.1, 0.15) is 37.9 Å². The predicted molar refractivity (Wildman–Crippen MR) is 150 cm³/mol. The average Bonchev–Trinajstić information content (AvgIpc) is 2.92. The number of allylic oxidation sites excluding steroid dienone is 1. The minimum atomic E-state index is -0.769. The molecule has 1 aliphatic rings. The van der Waals surface area contributed by atoms with Crippen molar-refractivity contribution in [2.75, 3.05) is 34.0 Å². The minimum absolute atomic E-state index is 0.185. The standard InChI is InChI=1S/C27H31BrN4O8/c1-6-38-25-18(28)10-16(11-21(25)37-5)13-29-32-22(33)14-40-19-9-8-17(12-20(19)36-4)24-23(26(34)39-7-2)15(3)30-27(35)31-24/h8-13,24H,6-7,14H2,1-5H3,(H,32,33)(H2,30,31,35)/b29-13-/t24-/m0/s1. The summed E-state index contributed by atoms with van der Waals surface area (Å²) in [5.74, 6) is 0.619. The second-order valence-electron chi connectivity index (χ2n) is 8.25. The maximum atomic E-state index is 12.6. The van der Waals surface area contributed by atoms with E-state index in [0.29, 0.717) is 45.2 Å². The number of amides is 3. The van der Waals surface area contributed by atoms with Gasteiger partial charge in [-0.2, -0.15) is 5.10 Å². The van der Waals surface area contributed by atoms with E-state index >= 15 is 0 Å². The molecule has 40 heavy (non-hydrogen) atoms. The van der Waals surface area contributed by atoms with Crippen LogP contribution < -0.4 is 35.0 Å². The number of halogens is 1. The van der Waals surface area contributed by atoms with Crippen molar-refractivity contribution in [3.63, 3.8) is 0 Å². The number of ether oxygens (including phenoxy) is 5. The molecule has 3 N–H and O–H groups in total. The first kappa shape index (κ1) is 30.3. The molecule has 13 heteroatoms. The van der Waals surface area contributed by atoms with E-state index in [2.05, 4.69) is 37.1 Å². The molecule has 1 atom stereocenters. The molecule has 3 amide bonds. The molecule has 0 bridgehead atoms. The number of urea groups is 1. The molecule has 0 aliphatic carbocycles. The Labute approximate surface area is 240 Å². The number of hydrazone groups is 1. The summed E-state index contributed by atoms with van der Waals surface area (Å²) in [5.41, 5.74) is 4.29. The van der Waals surface area contributed by atoms with Crippen molar-refractivity contribution in [1.29, 1.82) is 0 Å². The topological polar surface area (TPSA) is 146 Å². The van der Waals surface area contributed by atoms with E-state index in [1.54, 1.807) is 44.2 Å². The number of nitrogens with zero attached hydrogens (tertiary/aromatic N) is 1.